The second kappa shape index (κ2) is 7.75. The number of carbonyl (C=O) groups excluding carboxylic acids is 1. The van der Waals surface area contributed by atoms with Gasteiger partial charge < -0.3 is 14.7 Å². The van der Waals surface area contributed by atoms with Crippen molar-refractivity contribution in [3.63, 3.8) is 0 Å². The number of anilines is 1. The second-order valence-corrected chi connectivity index (χ2v) is 6.55. The number of benzene rings is 1. The van der Waals surface area contributed by atoms with E-state index in [-0.39, 0.29) is 0 Å². The van der Waals surface area contributed by atoms with Gasteiger partial charge in [-0.05, 0) is 31.2 Å². The molecule has 1 aromatic heterocycles. The van der Waals surface area contributed by atoms with Crippen LogP contribution >= 0.6 is 0 Å². The third kappa shape index (κ3) is 3.78. The number of carboxylic acid groups (broad SMARTS) is 1. The minimum atomic E-state index is -2.03. The molecule has 1 aliphatic heterocycles. The number of ketones is 1. The van der Waals surface area contributed by atoms with Crippen LogP contribution in [0.5, 0.6) is 5.75 Å². The molecule has 0 saturated carbocycles. The lowest BCUT2D eigenvalue weighted by Gasteiger charge is -2.43. The monoisotopic (exact) mass is 369 g/mol. The van der Waals surface area contributed by atoms with Gasteiger partial charge in [0.05, 0.1) is 0 Å². The Hall–Kier alpha value is -2.93. The highest BCUT2D eigenvalue weighted by Crippen LogP contribution is 2.26. The topological polar surface area (TPSA) is 83.0 Å². The molecule has 3 rings (SSSR count). The zero-order chi connectivity index (χ0) is 19.4. The van der Waals surface area contributed by atoms with Crippen LogP contribution in [0.2, 0.25) is 0 Å². The van der Waals surface area contributed by atoms with Crippen LogP contribution in [-0.2, 0) is 9.59 Å². The Kier molecular flexibility index (Phi) is 5.41. The molecule has 0 bridgehead atoms. The zero-order valence-electron chi connectivity index (χ0n) is 15.5. The molecule has 1 aliphatic rings. The van der Waals surface area contributed by atoms with Crippen molar-refractivity contribution in [1.82, 2.24) is 9.88 Å². The third-order valence-corrected chi connectivity index (χ3v) is 4.75. The third-order valence-electron chi connectivity index (χ3n) is 4.75. The van der Waals surface area contributed by atoms with Crippen molar-refractivity contribution in [3.05, 3.63) is 54.4 Å². The average molecular weight is 369 g/mol. The van der Waals surface area contributed by atoms with Gasteiger partial charge >= 0.3 is 11.7 Å². The highest BCUT2D eigenvalue weighted by atomic mass is 16.6. The summed E-state index contributed by atoms with van der Waals surface area (Å²) >= 11 is 0. The van der Waals surface area contributed by atoms with Crippen molar-refractivity contribution in [2.24, 2.45) is 0 Å². The van der Waals surface area contributed by atoms with Gasteiger partial charge in [0.15, 0.2) is 0 Å². The van der Waals surface area contributed by atoms with Crippen molar-refractivity contribution in [2.45, 2.75) is 19.6 Å². The zero-order valence-corrected chi connectivity index (χ0v) is 15.5. The predicted octanol–water partition coefficient (Wildman–Crippen LogP) is 1.96. The van der Waals surface area contributed by atoms with Crippen molar-refractivity contribution < 1.29 is 19.4 Å². The van der Waals surface area contributed by atoms with Gasteiger partial charge in [0.25, 0.3) is 0 Å². The lowest BCUT2D eigenvalue weighted by Crippen LogP contribution is -2.67. The summed E-state index contributed by atoms with van der Waals surface area (Å²) < 4.78 is 5.77. The van der Waals surface area contributed by atoms with E-state index in [1.165, 1.54) is 6.92 Å². The van der Waals surface area contributed by atoms with Gasteiger partial charge in [-0.3, -0.25) is 9.78 Å². The first-order chi connectivity index (χ1) is 12.9. The smallest absolute Gasteiger partial charge is 0.372 e. The lowest BCUT2D eigenvalue weighted by molar-refractivity contribution is -0.181. The molecule has 1 saturated heterocycles. The molecule has 1 unspecified atom stereocenters. The van der Waals surface area contributed by atoms with Gasteiger partial charge in [-0.2, -0.15) is 0 Å². The van der Waals surface area contributed by atoms with E-state index in [2.05, 4.69) is 9.88 Å². The standard InChI is InChI=1S/C20H23N3O4/c1-15-14-17(8-9-21-15)22-10-12-23(13-11-22)20(16(2)24,19(25)26)27-18-6-4-3-5-7-18/h3-9,14H,10-13H2,1-2H3,(H,25,26). The van der Waals surface area contributed by atoms with Crippen molar-refractivity contribution in [2.75, 3.05) is 31.1 Å². The Balaban J connectivity index is 1.82. The highest BCUT2D eigenvalue weighted by Gasteiger charge is 2.52. The van der Waals surface area contributed by atoms with Gasteiger partial charge in [-0.25, -0.2) is 9.69 Å². The summed E-state index contributed by atoms with van der Waals surface area (Å²) in [5, 5.41) is 9.92. The minimum Gasteiger partial charge on any atom is -0.477 e. The number of nitrogens with zero attached hydrogens (tertiary/aromatic N) is 3. The molecule has 2 aromatic rings. The summed E-state index contributed by atoms with van der Waals surface area (Å²) in [6.07, 6.45) is 1.76. The largest absolute Gasteiger partial charge is 0.477 e. The Morgan fingerprint density at radius 2 is 1.78 bits per heavy atom. The number of para-hydroxylation sites is 1. The van der Waals surface area contributed by atoms with Gasteiger partial charge in [0, 0.05) is 50.7 Å². The van der Waals surface area contributed by atoms with Crippen LogP contribution in [0.25, 0.3) is 0 Å². The fourth-order valence-electron chi connectivity index (χ4n) is 3.35. The second-order valence-electron chi connectivity index (χ2n) is 6.55. The van der Waals surface area contributed by atoms with Gasteiger partial charge in [0.2, 0.25) is 5.78 Å². The number of aromatic nitrogens is 1. The Labute approximate surface area is 158 Å². The molecule has 7 heteroatoms. The van der Waals surface area contributed by atoms with E-state index in [9.17, 15) is 14.7 Å². The van der Waals surface area contributed by atoms with Crippen molar-refractivity contribution in [3.8, 4) is 5.75 Å². The van der Waals surface area contributed by atoms with Gasteiger partial charge in [-0.15, -0.1) is 0 Å². The van der Waals surface area contributed by atoms with Gasteiger partial charge in [-0.1, -0.05) is 18.2 Å². The van der Waals surface area contributed by atoms with E-state index in [0.29, 0.717) is 31.9 Å². The van der Waals surface area contributed by atoms with E-state index in [1.54, 1.807) is 41.4 Å². The summed E-state index contributed by atoms with van der Waals surface area (Å²) in [5.41, 5.74) is -0.0671. The molecule has 0 amide bonds. The molecule has 1 fully saturated rings. The number of ether oxygens (including phenoxy) is 1. The average Bonchev–Trinajstić information content (AvgIpc) is 2.66. The summed E-state index contributed by atoms with van der Waals surface area (Å²) in [4.78, 5) is 32.6. The normalized spacial score (nSPS) is 17.2. The molecule has 142 valence electrons. The van der Waals surface area contributed by atoms with E-state index < -0.39 is 17.5 Å². The Bertz CT molecular complexity index is 803. The number of rotatable bonds is 6. The van der Waals surface area contributed by atoms with Crippen LogP contribution < -0.4 is 9.64 Å². The first-order valence-electron chi connectivity index (χ1n) is 8.84. The molecule has 1 atom stereocenters. The number of Topliss-reactive ketones (excluding diaryl/α,β-unsaturated/α-hetero) is 1. The van der Waals surface area contributed by atoms with Crippen LogP contribution in [0.15, 0.2) is 48.7 Å². The molecule has 0 aliphatic carbocycles. The maximum Gasteiger partial charge on any atom is 0.372 e. The van der Waals surface area contributed by atoms with Crippen LogP contribution in [-0.4, -0.2) is 58.6 Å². The van der Waals surface area contributed by atoms with Crippen LogP contribution in [0.1, 0.15) is 12.6 Å². The number of carbonyl (C=O) groups is 2. The molecule has 1 N–H and O–H groups in total. The highest BCUT2D eigenvalue weighted by molar-refractivity contribution is 6.05. The number of piperazine rings is 1. The fraction of sp³-hybridized carbons (Fsp3) is 0.350. The number of carboxylic acids is 1. The van der Waals surface area contributed by atoms with Crippen LogP contribution in [0.3, 0.4) is 0 Å². The molecule has 27 heavy (non-hydrogen) atoms. The van der Waals surface area contributed by atoms with Crippen molar-refractivity contribution >= 4 is 17.4 Å². The first kappa shape index (κ1) is 18.8. The minimum absolute atomic E-state index is 0.349. The summed E-state index contributed by atoms with van der Waals surface area (Å²) in [6, 6.07) is 12.5. The fourth-order valence-corrected chi connectivity index (χ4v) is 3.35. The number of hydrogen-bond acceptors (Lipinski definition) is 6. The van der Waals surface area contributed by atoms with E-state index >= 15 is 0 Å². The molecule has 2 heterocycles. The summed E-state index contributed by atoms with van der Waals surface area (Å²) in [7, 11) is 0. The quantitative estimate of drug-likeness (QED) is 0.780. The van der Waals surface area contributed by atoms with E-state index in [1.807, 2.05) is 19.1 Å². The number of hydrogen-bond donors (Lipinski definition) is 1. The maximum atomic E-state index is 12.4. The van der Waals surface area contributed by atoms with E-state index in [0.717, 1.165) is 11.4 Å². The molecular weight excluding hydrogens is 346 g/mol. The Morgan fingerprint density at radius 3 is 2.33 bits per heavy atom. The summed E-state index contributed by atoms with van der Waals surface area (Å²) in [5.74, 6) is -1.50. The predicted molar refractivity (Wildman–Crippen MR) is 101 cm³/mol. The molecule has 1 aromatic carbocycles. The molecular formula is C20H23N3O4. The first-order valence-corrected chi connectivity index (χ1v) is 8.84. The molecule has 7 nitrogen and oxygen atoms in total. The van der Waals surface area contributed by atoms with Crippen LogP contribution in [0.4, 0.5) is 5.69 Å². The lowest BCUT2D eigenvalue weighted by atomic mass is 10.1. The molecule has 0 spiro atoms. The van der Waals surface area contributed by atoms with Crippen molar-refractivity contribution in [1.29, 1.82) is 0 Å². The SMILES string of the molecule is CC(=O)C(Oc1ccccc1)(C(=O)O)N1CCN(c2ccnc(C)c2)CC1. The number of aliphatic carboxylic acids is 1. The summed E-state index contributed by atoms with van der Waals surface area (Å²) in [6.45, 7) is 5.14. The maximum absolute atomic E-state index is 12.4. The number of aryl methyl sites for hydroxylation is 1. The van der Waals surface area contributed by atoms with E-state index in [4.69, 9.17) is 4.74 Å². The van der Waals surface area contributed by atoms with Gasteiger partial charge in [0.1, 0.15) is 5.75 Å². The van der Waals surface area contributed by atoms with Crippen LogP contribution in [0, 0.1) is 6.92 Å². The Morgan fingerprint density at radius 1 is 1.11 bits per heavy atom. The number of pyridine rings is 1. The molecule has 0 radical (unpaired) electrons.